The molecule has 1 aliphatic rings. The van der Waals surface area contributed by atoms with Crippen LogP contribution in [0.5, 0.6) is 5.75 Å². The first-order valence-corrected chi connectivity index (χ1v) is 6.36. The third kappa shape index (κ3) is 2.97. The fraction of sp³-hybridized carbons (Fsp3) is 0.600. The first-order chi connectivity index (χ1) is 13.8. The van der Waals surface area contributed by atoms with Gasteiger partial charge in [-0.25, -0.2) is 0 Å². The van der Waals surface area contributed by atoms with Gasteiger partial charge in [0, 0.05) is 15.1 Å². The third-order valence-corrected chi connectivity index (χ3v) is 2.99. The van der Waals surface area contributed by atoms with Crippen LogP contribution in [-0.4, -0.2) is 24.4 Å². The van der Waals surface area contributed by atoms with Gasteiger partial charge in [-0.2, -0.15) is 0 Å². The van der Waals surface area contributed by atoms with Crippen molar-refractivity contribution in [2.45, 2.75) is 58.6 Å². The predicted octanol–water partition coefficient (Wildman–Crippen LogP) is 3.43. The molecule has 0 aliphatic carbocycles. The lowest BCUT2D eigenvalue weighted by molar-refractivity contribution is 0.00578. The molecule has 1 aliphatic heterocycles. The molecule has 110 valence electrons. The Morgan fingerprint density at radius 3 is 2.45 bits per heavy atom. The molecule has 1 aromatic carbocycles. The highest BCUT2D eigenvalue weighted by Crippen LogP contribution is 2.37. The molecular weight excluding hydrogens is 274 g/mol. The molecule has 1 aromatic rings. The summed E-state index contributed by atoms with van der Waals surface area (Å²) in [6.07, 6.45) is -0.211. The Bertz CT molecular complexity index is 795. The average molecular weight is 308 g/mol. The minimum absolute atomic E-state index is 0.00533. The zero-order valence-corrected chi connectivity index (χ0v) is 11.8. The Kier molecular flexibility index (Phi) is 1.73. The molecule has 0 N–H and O–H groups in total. The summed E-state index contributed by atoms with van der Waals surface area (Å²) in [5.41, 5.74) is -6.80. The van der Waals surface area contributed by atoms with Crippen molar-refractivity contribution >= 4 is 24.2 Å². The van der Waals surface area contributed by atoms with Gasteiger partial charge in [0.2, 0.25) is 0 Å². The van der Waals surface area contributed by atoms with Crippen LogP contribution in [0.3, 0.4) is 0 Å². The minimum Gasteiger partial charge on any atom is -0.489 e. The first kappa shape index (κ1) is 6.59. The van der Waals surface area contributed by atoms with Gasteiger partial charge in [-0.3, -0.25) is 0 Å². The molecule has 1 fully saturated rings. The van der Waals surface area contributed by atoms with Crippen LogP contribution in [0.4, 0.5) is 0 Å². The molecule has 1 unspecified atom stereocenters. The molecule has 2 rings (SSSR count). The highest BCUT2D eigenvalue weighted by Gasteiger charge is 2.51. The maximum Gasteiger partial charge on any atom is 0.494 e. The number of benzene rings is 1. The van der Waals surface area contributed by atoms with Crippen molar-refractivity contribution < 1.29 is 29.1 Å². The highest BCUT2D eigenvalue weighted by molar-refractivity contribution is 6.62. The van der Waals surface area contributed by atoms with E-state index in [1.54, 1.807) is 13.8 Å². The van der Waals surface area contributed by atoms with Gasteiger partial charge in [0.25, 0.3) is 0 Å². The summed E-state index contributed by atoms with van der Waals surface area (Å²) in [7, 11) is -1.83. The van der Waals surface area contributed by atoms with Crippen LogP contribution < -0.4 is 10.2 Å². The van der Waals surface area contributed by atoms with Crippen molar-refractivity contribution in [3.8, 4) is 5.75 Å². The summed E-state index contributed by atoms with van der Waals surface area (Å²) in [4.78, 5) is 0. The van der Waals surface area contributed by atoms with Crippen molar-refractivity contribution in [3.63, 3.8) is 0 Å². The molecule has 1 saturated heterocycles. The molecule has 5 heteroatoms. The fourth-order valence-corrected chi connectivity index (χ4v) is 1.91. The van der Waals surface area contributed by atoms with E-state index in [1.807, 2.05) is 0 Å². The van der Waals surface area contributed by atoms with Gasteiger partial charge in [-0.05, 0) is 58.9 Å². The average Bonchev–Trinajstić information content (AvgIpc) is 2.94. The van der Waals surface area contributed by atoms with E-state index >= 15 is 0 Å². The van der Waals surface area contributed by atoms with Crippen molar-refractivity contribution in [2.75, 3.05) is 0 Å². The Hall–Kier alpha value is -0.705. The number of halogens is 1. The van der Waals surface area contributed by atoms with Crippen LogP contribution in [0.1, 0.15) is 56.4 Å². The maximum atomic E-state index is 7.87. The lowest BCUT2D eigenvalue weighted by Crippen LogP contribution is -2.41. The summed E-state index contributed by atoms with van der Waals surface area (Å²) in [6, 6.07) is 4.01. The molecule has 0 saturated carbocycles. The van der Waals surface area contributed by atoms with E-state index in [-0.39, 0.29) is 22.3 Å². The van der Waals surface area contributed by atoms with Crippen molar-refractivity contribution in [2.24, 2.45) is 0 Å². The summed E-state index contributed by atoms with van der Waals surface area (Å²) in [5.74, 6) is 0.275. The SMILES string of the molecule is [2H]C([2H])C1(C([2H])([2H])[2H])OB(c2ccc(OC(C)C)c(Cl)c2)OC1(C([2H])([2H])[2H])C([2H])([2H])[2H]. The van der Waals surface area contributed by atoms with E-state index in [2.05, 4.69) is 0 Å². The monoisotopic (exact) mass is 307 g/mol. The topological polar surface area (TPSA) is 27.7 Å². The second kappa shape index (κ2) is 5.25. The van der Waals surface area contributed by atoms with Gasteiger partial charge in [-0.15, -0.1) is 0 Å². The minimum atomic E-state index is -3.59. The predicted molar refractivity (Wildman–Crippen MR) is 82.9 cm³/mol. The van der Waals surface area contributed by atoms with Gasteiger partial charge in [0.15, 0.2) is 0 Å². The zero-order chi connectivity index (χ0) is 24.2. The Morgan fingerprint density at radius 2 is 1.95 bits per heavy atom. The van der Waals surface area contributed by atoms with Gasteiger partial charge >= 0.3 is 7.12 Å². The van der Waals surface area contributed by atoms with Crippen molar-refractivity contribution in [3.05, 3.63) is 23.2 Å². The molecule has 1 heterocycles. The molecule has 0 aromatic heterocycles. The van der Waals surface area contributed by atoms with Crippen molar-refractivity contribution in [1.82, 2.24) is 0 Å². The second-order valence-corrected chi connectivity index (χ2v) is 5.25. The van der Waals surface area contributed by atoms with Crippen LogP contribution in [0.2, 0.25) is 5.02 Å². The molecule has 0 radical (unpaired) electrons. The lowest BCUT2D eigenvalue weighted by Gasteiger charge is -2.32. The fourth-order valence-electron chi connectivity index (χ4n) is 1.67. The Balaban J connectivity index is 2.74. The van der Waals surface area contributed by atoms with E-state index in [9.17, 15) is 0 Å². The smallest absolute Gasteiger partial charge is 0.489 e. The van der Waals surface area contributed by atoms with Crippen LogP contribution in [0, 0.1) is 0 Å². The van der Waals surface area contributed by atoms with E-state index in [0.717, 1.165) is 0 Å². The highest BCUT2D eigenvalue weighted by atomic mass is 35.5. The maximum absolute atomic E-state index is 7.87. The van der Waals surface area contributed by atoms with Gasteiger partial charge < -0.3 is 14.0 Å². The standard InChI is InChI=1S/C15H22BClO3/c1-10(2)18-13-8-7-11(9-12(13)17)16-19-14(3,4)15(5,6)20-16/h7-10H,1-6H3/i3D2,4D3,5D3,6D3. The summed E-state index contributed by atoms with van der Waals surface area (Å²) in [6.45, 7) is -9.71. The normalized spacial score (nSPS) is 35.5. The Labute approximate surface area is 142 Å². The first-order valence-electron chi connectivity index (χ1n) is 11.6. The summed E-state index contributed by atoms with van der Waals surface area (Å²) >= 11 is 6.18. The van der Waals surface area contributed by atoms with E-state index in [0.29, 0.717) is 0 Å². The van der Waals surface area contributed by atoms with E-state index in [4.69, 9.17) is 40.7 Å². The van der Waals surface area contributed by atoms with Gasteiger partial charge in [0.1, 0.15) is 5.75 Å². The zero-order valence-electron chi connectivity index (χ0n) is 22.1. The molecule has 3 nitrogen and oxygen atoms in total. The van der Waals surface area contributed by atoms with E-state index in [1.165, 1.54) is 18.2 Å². The Morgan fingerprint density at radius 1 is 1.25 bits per heavy atom. The number of hydrogen-bond donors (Lipinski definition) is 0. The molecule has 1 atom stereocenters. The number of rotatable bonds is 3. The number of ether oxygens (including phenoxy) is 1. The molecule has 0 spiro atoms. The third-order valence-electron chi connectivity index (χ3n) is 2.69. The van der Waals surface area contributed by atoms with Crippen molar-refractivity contribution in [1.29, 1.82) is 0 Å². The summed E-state index contributed by atoms with van der Waals surface area (Å²) < 4.78 is 103. The summed E-state index contributed by atoms with van der Waals surface area (Å²) in [5, 5.41) is 0.0615. The molecule has 20 heavy (non-hydrogen) atoms. The van der Waals surface area contributed by atoms with Crippen LogP contribution >= 0.6 is 11.6 Å². The molecule has 0 amide bonds. The van der Waals surface area contributed by atoms with Gasteiger partial charge in [0.05, 0.1) is 22.3 Å². The van der Waals surface area contributed by atoms with Gasteiger partial charge in [-0.1, -0.05) is 17.7 Å². The lowest BCUT2D eigenvalue weighted by atomic mass is 9.79. The van der Waals surface area contributed by atoms with Crippen LogP contribution in [0.15, 0.2) is 18.2 Å². The number of hydrogen-bond acceptors (Lipinski definition) is 3. The molecular formula is C15H22BClO3. The quantitative estimate of drug-likeness (QED) is 0.801. The largest absolute Gasteiger partial charge is 0.494 e. The molecule has 0 bridgehead atoms. The van der Waals surface area contributed by atoms with Crippen LogP contribution in [-0.2, 0) is 9.31 Å². The second-order valence-electron chi connectivity index (χ2n) is 4.84. The van der Waals surface area contributed by atoms with Crippen LogP contribution in [0.25, 0.3) is 0 Å². The van der Waals surface area contributed by atoms with E-state index < -0.39 is 45.8 Å².